The van der Waals surface area contributed by atoms with E-state index in [-0.39, 0.29) is 12.0 Å². The number of hydrogen-bond acceptors (Lipinski definition) is 3. The highest BCUT2D eigenvalue weighted by Crippen LogP contribution is 2.08. The van der Waals surface area contributed by atoms with Crippen molar-refractivity contribution >= 4 is 5.97 Å². The number of rotatable bonds is 7. The molecular weight excluding hydrogens is 202 g/mol. The fraction of sp³-hybridized carbons (Fsp3) is 0.923. The third kappa shape index (κ3) is 8.72. The zero-order chi connectivity index (χ0) is 12.6. The summed E-state index contributed by atoms with van der Waals surface area (Å²) >= 11 is 0. The first-order chi connectivity index (χ1) is 7.37. The minimum Gasteiger partial charge on any atom is -0.459 e. The maximum atomic E-state index is 11.6. The van der Waals surface area contributed by atoms with Gasteiger partial charge in [0.25, 0.3) is 0 Å². The molecular formula is C13H27NO2. The van der Waals surface area contributed by atoms with Crippen LogP contribution in [0.4, 0.5) is 0 Å². The van der Waals surface area contributed by atoms with Crippen molar-refractivity contribution in [2.45, 2.75) is 71.9 Å². The monoisotopic (exact) mass is 229 g/mol. The van der Waals surface area contributed by atoms with E-state index in [9.17, 15) is 4.79 Å². The van der Waals surface area contributed by atoms with Crippen molar-refractivity contribution in [1.82, 2.24) is 5.32 Å². The van der Waals surface area contributed by atoms with Crippen molar-refractivity contribution in [2.75, 3.05) is 6.54 Å². The van der Waals surface area contributed by atoms with E-state index in [1.165, 1.54) is 19.3 Å². The topological polar surface area (TPSA) is 38.3 Å². The number of carbonyl (C=O) groups excluding carboxylic acids is 1. The maximum Gasteiger partial charge on any atom is 0.323 e. The normalized spacial score (nSPS) is 13.6. The van der Waals surface area contributed by atoms with Crippen molar-refractivity contribution in [3.63, 3.8) is 0 Å². The molecule has 0 saturated heterocycles. The van der Waals surface area contributed by atoms with Crippen LogP contribution in [0, 0.1) is 0 Å². The van der Waals surface area contributed by atoms with Crippen molar-refractivity contribution < 1.29 is 9.53 Å². The maximum absolute atomic E-state index is 11.6. The van der Waals surface area contributed by atoms with Crippen molar-refractivity contribution in [3.05, 3.63) is 0 Å². The second kappa shape index (κ2) is 7.66. The van der Waals surface area contributed by atoms with E-state index in [1.54, 1.807) is 0 Å². The number of esters is 1. The Morgan fingerprint density at radius 2 is 1.88 bits per heavy atom. The second-order valence-electron chi connectivity index (χ2n) is 5.27. The van der Waals surface area contributed by atoms with Gasteiger partial charge in [-0.2, -0.15) is 0 Å². The van der Waals surface area contributed by atoms with Crippen LogP contribution in [0.25, 0.3) is 0 Å². The lowest BCUT2D eigenvalue weighted by atomic mass is 10.2. The Kier molecular flexibility index (Phi) is 7.39. The third-order valence-corrected chi connectivity index (χ3v) is 2.24. The molecule has 0 aliphatic carbocycles. The van der Waals surface area contributed by atoms with Gasteiger partial charge in [0.15, 0.2) is 0 Å². The highest BCUT2D eigenvalue weighted by Gasteiger charge is 2.20. The smallest absolute Gasteiger partial charge is 0.323 e. The molecule has 3 heteroatoms. The van der Waals surface area contributed by atoms with Crippen LogP contribution in [0.5, 0.6) is 0 Å². The van der Waals surface area contributed by atoms with E-state index in [1.807, 2.05) is 27.7 Å². The Bertz CT molecular complexity index is 197. The van der Waals surface area contributed by atoms with Crippen LogP contribution in [0.2, 0.25) is 0 Å². The second-order valence-corrected chi connectivity index (χ2v) is 5.27. The van der Waals surface area contributed by atoms with E-state index in [4.69, 9.17) is 4.74 Å². The molecule has 0 bridgehead atoms. The highest BCUT2D eigenvalue weighted by molar-refractivity contribution is 5.75. The molecule has 96 valence electrons. The molecule has 3 nitrogen and oxygen atoms in total. The molecule has 16 heavy (non-hydrogen) atoms. The van der Waals surface area contributed by atoms with Gasteiger partial charge in [-0.25, -0.2) is 0 Å². The van der Waals surface area contributed by atoms with Crippen LogP contribution in [0.1, 0.15) is 60.3 Å². The summed E-state index contributed by atoms with van der Waals surface area (Å²) in [6.07, 6.45) is 4.86. The van der Waals surface area contributed by atoms with Crippen molar-refractivity contribution in [3.8, 4) is 0 Å². The molecule has 1 unspecified atom stereocenters. The Labute approximate surface area is 99.9 Å². The molecule has 0 spiro atoms. The molecule has 0 aromatic heterocycles. The average molecular weight is 229 g/mol. The van der Waals surface area contributed by atoms with E-state index in [0.29, 0.717) is 0 Å². The summed E-state index contributed by atoms with van der Waals surface area (Å²) in [6, 6.07) is -0.208. The van der Waals surface area contributed by atoms with Gasteiger partial charge in [0.1, 0.15) is 11.6 Å². The van der Waals surface area contributed by atoms with E-state index in [0.717, 1.165) is 13.0 Å². The third-order valence-electron chi connectivity index (χ3n) is 2.24. The molecule has 0 aromatic carbocycles. The highest BCUT2D eigenvalue weighted by atomic mass is 16.6. The molecule has 1 N–H and O–H groups in total. The fourth-order valence-corrected chi connectivity index (χ4v) is 1.34. The lowest BCUT2D eigenvalue weighted by Crippen LogP contribution is -2.39. The molecule has 0 amide bonds. The van der Waals surface area contributed by atoms with Crippen molar-refractivity contribution in [2.24, 2.45) is 0 Å². The predicted molar refractivity (Wildman–Crippen MR) is 67.5 cm³/mol. The number of nitrogens with one attached hydrogen (secondary N) is 1. The summed E-state index contributed by atoms with van der Waals surface area (Å²) in [4.78, 5) is 11.6. The van der Waals surface area contributed by atoms with Gasteiger partial charge in [-0.05, 0) is 40.7 Å². The first kappa shape index (κ1) is 15.4. The lowest BCUT2D eigenvalue weighted by molar-refractivity contribution is -0.156. The fourth-order valence-electron chi connectivity index (χ4n) is 1.34. The van der Waals surface area contributed by atoms with Crippen LogP contribution in [-0.2, 0) is 9.53 Å². The molecule has 0 saturated carbocycles. The number of hydrogen-bond donors (Lipinski definition) is 1. The quantitative estimate of drug-likeness (QED) is 0.539. The Morgan fingerprint density at radius 3 is 2.38 bits per heavy atom. The summed E-state index contributed by atoms with van der Waals surface area (Å²) in [7, 11) is 0. The van der Waals surface area contributed by atoms with Crippen LogP contribution < -0.4 is 5.32 Å². The molecule has 0 fully saturated rings. The standard InChI is InChI=1S/C13H27NO2/c1-6-7-8-9-10-14-11(2)12(15)16-13(3,4)5/h11,14H,6-10H2,1-5H3. The number of ether oxygens (including phenoxy) is 1. The van der Waals surface area contributed by atoms with Crippen LogP contribution in [-0.4, -0.2) is 24.2 Å². The number of carbonyl (C=O) groups is 1. The summed E-state index contributed by atoms with van der Waals surface area (Å²) in [5.74, 6) is -0.164. The minimum atomic E-state index is -0.394. The molecule has 0 heterocycles. The summed E-state index contributed by atoms with van der Waals surface area (Å²) in [5.41, 5.74) is -0.394. The van der Waals surface area contributed by atoms with Crippen molar-refractivity contribution in [1.29, 1.82) is 0 Å². The largest absolute Gasteiger partial charge is 0.459 e. The summed E-state index contributed by atoms with van der Waals surface area (Å²) < 4.78 is 5.28. The van der Waals surface area contributed by atoms with Gasteiger partial charge < -0.3 is 10.1 Å². The van der Waals surface area contributed by atoms with Gasteiger partial charge in [0, 0.05) is 0 Å². The van der Waals surface area contributed by atoms with Crippen LogP contribution in [0.3, 0.4) is 0 Å². The van der Waals surface area contributed by atoms with E-state index >= 15 is 0 Å². The van der Waals surface area contributed by atoms with Gasteiger partial charge >= 0.3 is 5.97 Å². The van der Waals surface area contributed by atoms with Gasteiger partial charge in [-0.15, -0.1) is 0 Å². The number of unbranched alkanes of at least 4 members (excludes halogenated alkanes) is 3. The molecule has 1 atom stereocenters. The van der Waals surface area contributed by atoms with Crippen LogP contribution >= 0.6 is 0 Å². The van der Waals surface area contributed by atoms with Gasteiger partial charge in [0.05, 0.1) is 0 Å². The summed E-state index contributed by atoms with van der Waals surface area (Å²) in [6.45, 7) is 10.6. The SMILES string of the molecule is CCCCCCNC(C)C(=O)OC(C)(C)C. The molecule has 0 aliphatic rings. The Morgan fingerprint density at radius 1 is 1.25 bits per heavy atom. The lowest BCUT2D eigenvalue weighted by Gasteiger charge is -2.22. The summed E-state index contributed by atoms with van der Waals surface area (Å²) in [5, 5.41) is 3.19. The molecule has 0 radical (unpaired) electrons. The minimum absolute atomic E-state index is 0.164. The van der Waals surface area contributed by atoms with Gasteiger partial charge in [-0.1, -0.05) is 26.2 Å². The average Bonchev–Trinajstić information content (AvgIpc) is 2.14. The first-order valence-corrected chi connectivity index (χ1v) is 6.33. The zero-order valence-electron chi connectivity index (χ0n) is 11.4. The predicted octanol–water partition coefficient (Wildman–Crippen LogP) is 2.89. The zero-order valence-corrected chi connectivity index (χ0v) is 11.4. The Hall–Kier alpha value is -0.570. The van der Waals surface area contributed by atoms with Crippen LogP contribution in [0.15, 0.2) is 0 Å². The van der Waals surface area contributed by atoms with Gasteiger partial charge in [-0.3, -0.25) is 4.79 Å². The molecule has 0 rings (SSSR count). The van der Waals surface area contributed by atoms with E-state index < -0.39 is 5.60 Å². The Balaban J connectivity index is 3.64. The molecule has 0 aromatic rings. The first-order valence-electron chi connectivity index (χ1n) is 6.33. The van der Waals surface area contributed by atoms with Gasteiger partial charge in [0.2, 0.25) is 0 Å². The molecule has 0 aliphatic heterocycles. The van der Waals surface area contributed by atoms with E-state index in [2.05, 4.69) is 12.2 Å².